The molecule has 1 saturated carbocycles. The lowest BCUT2D eigenvalue weighted by atomic mass is 9.94. The number of methoxy groups -OCH3 is 4. The van der Waals surface area contributed by atoms with Gasteiger partial charge in [-0.25, -0.2) is 24.4 Å². The molecule has 3 saturated heterocycles. The first-order valence-electron chi connectivity index (χ1n) is 37.3. The number of aromatic amines is 2. The Kier molecular flexibility index (Phi) is 23.6. The summed E-state index contributed by atoms with van der Waals surface area (Å²) in [5.41, 5.74) is 14.2. The predicted octanol–water partition coefficient (Wildman–Crippen LogP) is 15.2. The summed E-state index contributed by atoms with van der Waals surface area (Å²) in [6, 6.07) is 38.2. The molecule has 5 aliphatic heterocycles. The second-order valence-electron chi connectivity index (χ2n) is 30.7. The van der Waals surface area contributed by atoms with Gasteiger partial charge in [-0.2, -0.15) is 0 Å². The van der Waals surface area contributed by atoms with Crippen molar-refractivity contribution < 1.29 is 62.3 Å². The number of aliphatic carboxylic acids is 1. The molecule has 2 unspecified atom stereocenters. The van der Waals surface area contributed by atoms with Crippen molar-refractivity contribution in [3.63, 3.8) is 0 Å². The highest BCUT2D eigenvalue weighted by atomic mass is 16.6. The van der Waals surface area contributed by atoms with Crippen molar-refractivity contribution in [3.05, 3.63) is 144 Å². The monoisotopic (exact) mass is 1460 g/mol. The Bertz CT molecular complexity index is 4780. The van der Waals surface area contributed by atoms with Gasteiger partial charge < -0.3 is 59.0 Å². The number of carboxylic acid groups (broad SMARTS) is 1. The van der Waals surface area contributed by atoms with Crippen LogP contribution in [0.1, 0.15) is 167 Å². The van der Waals surface area contributed by atoms with Crippen LogP contribution < -0.4 is 10.6 Å². The summed E-state index contributed by atoms with van der Waals surface area (Å²) < 4.78 is 30.8. The number of aliphatic imine (C=N–C) groups is 2. The van der Waals surface area contributed by atoms with Gasteiger partial charge >= 0.3 is 30.1 Å². The summed E-state index contributed by atoms with van der Waals surface area (Å²) in [7, 11) is 5.41. The number of nitrogens with zero attached hydrogens (tertiary/aromatic N) is 6. The van der Waals surface area contributed by atoms with E-state index in [4.69, 9.17) is 48.7 Å². The number of likely N-dealkylation sites (tertiary alicyclic amines) is 2. The number of carbonyl (C=O) groups is 6. The summed E-state index contributed by atoms with van der Waals surface area (Å²) in [5, 5.41) is 19.1. The molecule has 4 fully saturated rings. The number of carbonyl (C=O) groups excluding carboxylic acids is 5. The molecule has 564 valence electrons. The van der Waals surface area contributed by atoms with Crippen LogP contribution in [0.3, 0.4) is 0 Å². The van der Waals surface area contributed by atoms with E-state index in [0.717, 1.165) is 143 Å². The smallest absolute Gasteiger partial charge is 0.410 e. The van der Waals surface area contributed by atoms with Crippen LogP contribution in [0.5, 0.6) is 0 Å². The van der Waals surface area contributed by atoms with Gasteiger partial charge in [-0.05, 0) is 228 Å². The average molecular weight is 1460 g/mol. The number of esters is 2. The molecule has 5 N–H and O–H groups in total. The lowest BCUT2D eigenvalue weighted by Gasteiger charge is -2.31. The zero-order valence-corrected chi connectivity index (χ0v) is 63.4. The molecule has 0 spiro atoms. The molecule has 107 heavy (non-hydrogen) atoms. The minimum atomic E-state index is -1.17. The Hall–Kier alpha value is -10.1. The van der Waals surface area contributed by atoms with E-state index >= 15 is 0 Å². The van der Waals surface area contributed by atoms with E-state index in [1.807, 2.05) is 65.6 Å². The van der Waals surface area contributed by atoms with Gasteiger partial charge in [-0.15, -0.1) is 0 Å². The third-order valence-electron chi connectivity index (χ3n) is 21.2. The number of imidazole rings is 2. The number of fused-ring (bicyclic) bond motifs is 4. The number of carboxylic acids is 1. The Balaban J connectivity index is 0.000000175. The van der Waals surface area contributed by atoms with Crippen LogP contribution in [0, 0.1) is 11.8 Å². The summed E-state index contributed by atoms with van der Waals surface area (Å²) >= 11 is 0. The lowest BCUT2D eigenvalue weighted by Crippen LogP contribution is -2.48. The third-order valence-corrected chi connectivity index (χ3v) is 21.2. The minimum absolute atomic E-state index is 0.0162. The fourth-order valence-corrected chi connectivity index (χ4v) is 15.3. The fraction of sp³-hybridized carbons (Fsp3) is 0.452. The minimum Gasteiger partial charge on any atom is -0.480 e. The standard InChI is InChI=1S/C42H49N5O6.C35H38N4O2.C7H13NO5/c1-25(51-5)32(23-38(48)52-6)40(49)46-17-7-9-36(46)35-22-31(24-43-35)29-14-13-26-19-28(12-11-27(26)20-29)30-15-16-33-34(21-30)45-39(44-33)37-10-8-18-47(37)41(50)53-42(2,3)4;1-35(2,3)41-34(40)28-7-4-6-27(28)33-38-30-14-13-25(18-32(30)39-33)23-10-9-22-17-24(12-11-21(22)16-23)26-19-31(37-20-26)29-8-5-15-36-29;1-4(12-2)5(6(9)10)8-7(11)13-3/h11-16,19-21,24-25,32,36-37H,7-10,17-18,22-23H2,1-6H3,(H,44,45);9-14,16-18,20,27-29,36H,4-8,15,19H2,1-3H3,(H,38,39);4-5H,1-3H3,(H,8,11)(H,9,10)/t25-,32+,36+,37?;27-,28?,29+;4-,5+/m111/s1. The SMILES string of the molecule is CC(C)(C)OC(=O)C1CCC[C@H]1c1nc2ccc(-c3ccc4cc(C5=CN=C([C@@H]6CCCN6)C5)ccc4c3)cc2[nH]1.COC(=O)C[C@H](C(=O)N1CCC[C@H]1C1=NC=C(c2ccc3cc(-c4ccc5nc(C6CCCN6C(=O)OC(C)(C)C)[nH]c5c4)ccc3c2)C1)[C@@H](C)OC.COC(=O)N[C@H](C(=O)O)[C@@H](C)OC. The van der Waals surface area contributed by atoms with Crippen molar-refractivity contribution in [2.24, 2.45) is 21.8 Å². The van der Waals surface area contributed by atoms with Gasteiger partial charge in [0.25, 0.3) is 0 Å². The number of benzene rings is 6. The maximum atomic E-state index is 13.7. The molecule has 6 aromatic carbocycles. The molecule has 9 atom stereocenters. The van der Waals surface area contributed by atoms with E-state index in [1.54, 1.807) is 12.0 Å². The molecule has 6 aliphatic rings. The van der Waals surface area contributed by atoms with E-state index < -0.39 is 53.4 Å². The maximum absolute atomic E-state index is 13.7. The van der Waals surface area contributed by atoms with Gasteiger partial charge in [-0.3, -0.25) is 29.3 Å². The van der Waals surface area contributed by atoms with Crippen LogP contribution in [0.4, 0.5) is 9.59 Å². The van der Waals surface area contributed by atoms with Gasteiger partial charge in [-0.1, -0.05) is 67.1 Å². The number of rotatable bonds is 18. The zero-order chi connectivity index (χ0) is 76.0. The van der Waals surface area contributed by atoms with Crippen LogP contribution in [0.15, 0.2) is 132 Å². The molecule has 23 nitrogen and oxygen atoms in total. The Morgan fingerprint density at radius 1 is 0.561 bits per heavy atom. The number of allylic oxidation sites excluding steroid dienone is 2. The Morgan fingerprint density at radius 3 is 1.62 bits per heavy atom. The largest absolute Gasteiger partial charge is 0.480 e. The van der Waals surface area contributed by atoms with Crippen molar-refractivity contribution in [2.75, 3.05) is 48.1 Å². The number of ether oxygens (including phenoxy) is 6. The number of aromatic nitrogens is 4. The van der Waals surface area contributed by atoms with E-state index in [0.29, 0.717) is 25.6 Å². The highest BCUT2D eigenvalue weighted by Gasteiger charge is 2.42. The zero-order valence-electron chi connectivity index (χ0n) is 63.4. The van der Waals surface area contributed by atoms with Crippen molar-refractivity contribution in [2.45, 2.75) is 186 Å². The highest BCUT2D eigenvalue weighted by Crippen LogP contribution is 2.42. The van der Waals surface area contributed by atoms with Crippen LogP contribution in [-0.4, -0.2) is 172 Å². The first-order valence-corrected chi connectivity index (χ1v) is 37.3. The average Bonchev–Trinajstić information content (AvgIpc) is 1.71. The lowest BCUT2D eigenvalue weighted by molar-refractivity contribution is -0.160. The van der Waals surface area contributed by atoms with Crippen LogP contribution in [-0.2, 0) is 47.6 Å². The van der Waals surface area contributed by atoms with Crippen LogP contribution in [0.2, 0.25) is 0 Å². The number of hydrogen-bond donors (Lipinski definition) is 5. The molecular formula is C84H100N10O13. The van der Waals surface area contributed by atoms with Gasteiger partial charge in [0.2, 0.25) is 5.91 Å². The van der Waals surface area contributed by atoms with E-state index in [-0.39, 0.29) is 48.3 Å². The number of hydrogen-bond acceptors (Lipinski definition) is 17. The number of H-pyrrole nitrogens is 2. The van der Waals surface area contributed by atoms with Crippen molar-refractivity contribution in [3.8, 4) is 22.3 Å². The van der Waals surface area contributed by atoms with Crippen molar-refractivity contribution >= 4 is 102 Å². The second kappa shape index (κ2) is 33.0. The third kappa shape index (κ3) is 18.0. The summed E-state index contributed by atoms with van der Waals surface area (Å²) in [5.74, 6) is -0.780. The van der Waals surface area contributed by atoms with Gasteiger partial charge in [0.05, 0.1) is 78.8 Å². The first kappa shape index (κ1) is 76.5. The van der Waals surface area contributed by atoms with Crippen molar-refractivity contribution in [1.29, 1.82) is 0 Å². The molecule has 0 bridgehead atoms. The van der Waals surface area contributed by atoms with Crippen LogP contribution in [0.25, 0.3) is 77.0 Å². The first-order chi connectivity index (χ1) is 51.2. The molecule has 14 rings (SSSR count). The summed E-state index contributed by atoms with van der Waals surface area (Å²) in [6.45, 7) is 17.2. The predicted molar refractivity (Wildman–Crippen MR) is 415 cm³/mol. The number of amides is 3. The molecule has 0 radical (unpaired) electrons. The van der Waals surface area contributed by atoms with Gasteiger partial charge in [0, 0.05) is 75.9 Å². The van der Waals surface area contributed by atoms with Gasteiger partial charge in [0.15, 0.2) is 6.04 Å². The summed E-state index contributed by atoms with van der Waals surface area (Å²) in [6.07, 6.45) is 12.2. The number of alkyl carbamates (subject to hydrolysis) is 1. The van der Waals surface area contributed by atoms with Crippen molar-refractivity contribution in [1.82, 2.24) is 40.4 Å². The topological polar surface area (TPSA) is 291 Å². The molecule has 1 aliphatic carbocycles. The number of nitrogens with one attached hydrogen (secondary N) is 4. The Labute approximate surface area is 624 Å². The van der Waals surface area contributed by atoms with E-state index in [2.05, 4.69) is 135 Å². The molecule has 8 aromatic rings. The Morgan fingerprint density at radius 2 is 1.07 bits per heavy atom. The highest BCUT2D eigenvalue weighted by molar-refractivity contribution is 6.05. The molecule has 7 heterocycles. The molecule has 3 amide bonds. The quantitative estimate of drug-likeness (QED) is 0.0394. The summed E-state index contributed by atoms with van der Waals surface area (Å²) in [4.78, 5) is 103. The molecule has 23 heteroatoms. The van der Waals surface area contributed by atoms with E-state index in [1.165, 1.54) is 67.2 Å². The fourth-order valence-electron chi connectivity index (χ4n) is 15.3. The second-order valence-corrected chi connectivity index (χ2v) is 30.7. The van der Waals surface area contributed by atoms with Gasteiger partial charge in [0.1, 0.15) is 22.9 Å². The van der Waals surface area contributed by atoms with Crippen LogP contribution >= 0.6 is 0 Å². The normalized spacial score (nSPS) is 20.5. The molecular weight excluding hydrogens is 1360 g/mol. The maximum Gasteiger partial charge on any atom is 0.410 e. The van der Waals surface area contributed by atoms with E-state index in [9.17, 15) is 28.8 Å². The molecule has 2 aromatic heterocycles.